The molecule has 3 nitrogen and oxygen atoms in total. The van der Waals surface area contributed by atoms with Gasteiger partial charge in [0, 0.05) is 0 Å². The maximum atomic E-state index is 11.9. The lowest BCUT2D eigenvalue weighted by Crippen LogP contribution is -2.28. The van der Waals surface area contributed by atoms with Gasteiger partial charge in [-0.15, -0.1) is 0 Å². The average Bonchev–Trinajstić information content (AvgIpc) is 3.48. The number of hydrogen-bond acceptors (Lipinski definition) is 2. The first-order valence-electron chi connectivity index (χ1n) is 39.2. The molecule has 0 aromatic carbocycles. The smallest absolute Gasteiger partial charge is 0.309 e. The molecule has 83 heavy (non-hydrogen) atoms. The highest BCUT2D eigenvalue weighted by molar-refractivity contribution is 5.70. The minimum absolute atomic E-state index is 0.585. The summed E-state index contributed by atoms with van der Waals surface area (Å²) in [6.07, 6.45) is 103. The van der Waals surface area contributed by atoms with Gasteiger partial charge >= 0.3 is 5.97 Å². The van der Waals surface area contributed by atoms with E-state index in [2.05, 4.69) is 45.1 Å². The van der Waals surface area contributed by atoms with Gasteiger partial charge in [0.1, 0.15) is 0 Å². The number of aliphatic hydroxyl groups is 1. The molecule has 0 fully saturated rings. The molecule has 0 spiro atoms. The summed E-state index contributed by atoms with van der Waals surface area (Å²) in [7, 11) is 0. The van der Waals surface area contributed by atoms with Crippen LogP contribution in [0.5, 0.6) is 0 Å². The highest BCUT2D eigenvalue weighted by atomic mass is 16.4. The average molecular weight is 1170 g/mol. The first kappa shape index (κ1) is 81.9. The van der Waals surface area contributed by atoms with Crippen LogP contribution in [0.2, 0.25) is 0 Å². The van der Waals surface area contributed by atoms with Crippen molar-refractivity contribution in [3.63, 3.8) is 0 Å². The Morgan fingerprint density at radius 3 is 0.699 bits per heavy atom. The van der Waals surface area contributed by atoms with Gasteiger partial charge in [-0.05, 0) is 63.7 Å². The largest absolute Gasteiger partial charge is 0.481 e. The molecule has 3 atom stereocenters. The summed E-state index contributed by atoms with van der Waals surface area (Å²) in [5.74, 6) is -0.640. The van der Waals surface area contributed by atoms with E-state index in [9.17, 15) is 15.0 Å². The zero-order valence-corrected chi connectivity index (χ0v) is 57.6. The van der Waals surface area contributed by atoms with Crippen molar-refractivity contribution in [1.29, 1.82) is 0 Å². The number of carbonyl (C=O) groups is 1. The van der Waals surface area contributed by atoms with E-state index in [4.69, 9.17) is 0 Å². The first-order chi connectivity index (χ1) is 41.0. The minimum Gasteiger partial charge on any atom is -0.481 e. The van der Waals surface area contributed by atoms with E-state index in [0.29, 0.717) is 12.8 Å². The van der Waals surface area contributed by atoms with E-state index in [-0.39, 0.29) is 0 Å². The minimum atomic E-state index is -0.801. The summed E-state index contributed by atoms with van der Waals surface area (Å²) in [6, 6.07) is 0. The molecule has 2 N–H and O–H groups in total. The topological polar surface area (TPSA) is 57.5 Å². The number of aliphatic hydroxyl groups excluding tert-OH is 1. The summed E-state index contributed by atoms with van der Waals surface area (Å²) < 4.78 is 0. The van der Waals surface area contributed by atoms with E-state index in [1.54, 1.807) is 0 Å². The lowest BCUT2D eigenvalue weighted by molar-refractivity contribution is -0.146. The summed E-state index contributed by atoms with van der Waals surface area (Å²) in [5.41, 5.74) is 0. The molecule has 0 aliphatic carbocycles. The van der Waals surface area contributed by atoms with E-state index in [1.165, 1.54) is 405 Å². The Morgan fingerprint density at radius 1 is 0.265 bits per heavy atom. The van der Waals surface area contributed by atoms with E-state index >= 15 is 0 Å². The molecule has 3 heteroatoms. The molecular weight excluding hydrogens is 1010 g/mol. The van der Waals surface area contributed by atoms with Crippen LogP contribution >= 0.6 is 0 Å². The van der Waals surface area contributed by atoms with Crippen LogP contribution in [0.25, 0.3) is 0 Å². The van der Waals surface area contributed by atoms with Gasteiger partial charge in [0.2, 0.25) is 0 Å². The van der Waals surface area contributed by atoms with Gasteiger partial charge in [0.05, 0.1) is 12.0 Å². The molecule has 0 saturated carbocycles. The Balaban J connectivity index is 3.39. The van der Waals surface area contributed by atoms with Crippen LogP contribution in [0.4, 0.5) is 0 Å². The third-order valence-corrected chi connectivity index (χ3v) is 19.2. The van der Waals surface area contributed by atoms with Gasteiger partial charge in [0.25, 0.3) is 0 Å². The maximum absolute atomic E-state index is 11.9. The zero-order chi connectivity index (χ0) is 59.9. The lowest BCUT2D eigenvalue weighted by Gasteiger charge is -2.19. The number of carboxylic acids is 1. The Labute approximate surface area is 524 Å². The van der Waals surface area contributed by atoms with E-state index in [0.717, 1.165) is 31.6 Å². The monoisotopic (exact) mass is 1170 g/mol. The van der Waals surface area contributed by atoms with Gasteiger partial charge in [0.15, 0.2) is 0 Å². The Bertz CT molecular complexity index is 1240. The number of rotatable bonds is 74. The van der Waals surface area contributed by atoms with Crippen molar-refractivity contribution in [3.05, 3.63) is 24.3 Å². The standard InChI is InChI=1S/C80H156O3/c1-4-6-8-10-12-14-16-18-20-22-24-26-27-28-29-30-31-32-33-34-35-36-37-38-39-41-45-49-53-57-61-65-69-73-77(3)74-70-66-62-58-54-50-46-43-44-48-52-56-60-64-68-72-76-79(81)78(80(82)83)75-71-67-63-59-55-51-47-42-40-25-23-21-19-17-15-13-11-9-7-5-2/h32-33,69,73,77-79,81H,4-31,34-68,70-72,74-76H2,1-3H3,(H,82,83)/b33-32-,73-69+. The van der Waals surface area contributed by atoms with Crippen LogP contribution in [0.15, 0.2) is 24.3 Å². The Morgan fingerprint density at radius 2 is 0.458 bits per heavy atom. The van der Waals surface area contributed by atoms with Crippen molar-refractivity contribution in [1.82, 2.24) is 0 Å². The fourth-order valence-corrected chi connectivity index (χ4v) is 13.2. The number of allylic oxidation sites excluding steroid dienone is 4. The Kier molecular flexibility index (Phi) is 72.4. The number of hydrogen-bond donors (Lipinski definition) is 2. The second-order valence-electron chi connectivity index (χ2n) is 27.7. The quantitative estimate of drug-likeness (QED) is 0.0471. The van der Waals surface area contributed by atoms with E-state index < -0.39 is 18.0 Å². The molecule has 0 heterocycles. The molecule has 0 amide bonds. The fourth-order valence-electron chi connectivity index (χ4n) is 13.2. The molecule has 0 aliphatic rings. The van der Waals surface area contributed by atoms with Crippen LogP contribution in [0.3, 0.4) is 0 Å². The summed E-state index contributed by atoms with van der Waals surface area (Å²) in [6.45, 7) is 7.03. The third-order valence-electron chi connectivity index (χ3n) is 19.2. The van der Waals surface area contributed by atoms with E-state index in [1.807, 2.05) is 0 Å². The summed E-state index contributed by atoms with van der Waals surface area (Å²) in [4.78, 5) is 11.9. The molecule has 0 saturated heterocycles. The van der Waals surface area contributed by atoms with Crippen molar-refractivity contribution < 1.29 is 15.0 Å². The number of aliphatic carboxylic acids is 1. The molecule has 0 radical (unpaired) electrons. The van der Waals surface area contributed by atoms with Crippen LogP contribution in [-0.2, 0) is 4.79 Å². The van der Waals surface area contributed by atoms with Crippen LogP contribution in [0, 0.1) is 11.8 Å². The highest BCUT2D eigenvalue weighted by Crippen LogP contribution is 2.23. The number of carboxylic acid groups (broad SMARTS) is 1. The molecule has 0 bridgehead atoms. The highest BCUT2D eigenvalue weighted by Gasteiger charge is 2.25. The van der Waals surface area contributed by atoms with Crippen LogP contribution < -0.4 is 0 Å². The third kappa shape index (κ3) is 69.9. The van der Waals surface area contributed by atoms with Gasteiger partial charge in [-0.3, -0.25) is 4.79 Å². The second kappa shape index (κ2) is 73.4. The predicted molar refractivity (Wildman–Crippen MR) is 374 cm³/mol. The SMILES string of the molecule is CCCCCCCCCCCCCCCCCC/C=C\CCCCCCCCCCCCC/C=C/C(C)CCCCCCCCCCCCCCCCCCC(O)C(CCCCCCCCCCCCCCCCCCCCCC)C(=O)O. The maximum Gasteiger partial charge on any atom is 0.309 e. The van der Waals surface area contributed by atoms with Gasteiger partial charge < -0.3 is 10.2 Å². The number of unbranched alkanes of at least 4 members (excludes halogenated alkanes) is 62. The van der Waals surface area contributed by atoms with Crippen molar-refractivity contribution >= 4 is 5.97 Å². The summed E-state index contributed by atoms with van der Waals surface area (Å²) >= 11 is 0. The molecule has 0 aliphatic heterocycles. The molecule has 0 rings (SSSR count). The molecule has 0 aromatic heterocycles. The van der Waals surface area contributed by atoms with Crippen molar-refractivity contribution in [2.45, 2.75) is 470 Å². The first-order valence-corrected chi connectivity index (χ1v) is 39.2. The van der Waals surface area contributed by atoms with Gasteiger partial charge in [-0.25, -0.2) is 0 Å². The molecular formula is C80H156O3. The fraction of sp³-hybridized carbons (Fsp3) is 0.938. The van der Waals surface area contributed by atoms with Crippen LogP contribution in [-0.4, -0.2) is 22.3 Å². The zero-order valence-electron chi connectivity index (χ0n) is 57.6. The van der Waals surface area contributed by atoms with Crippen molar-refractivity contribution in [2.75, 3.05) is 0 Å². The molecule has 494 valence electrons. The normalized spacial score (nSPS) is 13.1. The van der Waals surface area contributed by atoms with Crippen molar-refractivity contribution in [3.8, 4) is 0 Å². The van der Waals surface area contributed by atoms with Crippen molar-refractivity contribution in [2.24, 2.45) is 11.8 Å². The Hall–Kier alpha value is -1.09. The summed E-state index contributed by atoms with van der Waals surface area (Å²) in [5, 5.41) is 20.5. The predicted octanol–water partition coefficient (Wildman–Crippen LogP) is 28.8. The lowest BCUT2D eigenvalue weighted by atomic mass is 9.91. The van der Waals surface area contributed by atoms with Gasteiger partial charge in [-0.1, -0.05) is 430 Å². The molecule has 3 unspecified atom stereocenters. The molecule has 0 aromatic rings. The van der Waals surface area contributed by atoms with Crippen LogP contribution in [0.1, 0.15) is 464 Å². The van der Waals surface area contributed by atoms with Gasteiger partial charge in [-0.2, -0.15) is 0 Å². The second-order valence-corrected chi connectivity index (χ2v) is 27.7.